The van der Waals surface area contributed by atoms with E-state index in [1.165, 1.54) is 11.1 Å². The molecule has 3 N–H and O–H groups in total. The Morgan fingerprint density at radius 1 is 1.20 bits per heavy atom. The van der Waals surface area contributed by atoms with Crippen molar-refractivity contribution in [3.05, 3.63) is 95.1 Å². The zero-order valence-corrected chi connectivity index (χ0v) is 20.0. The molecule has 0 saturated carbocycles. The number of nitrogens with one attached hydrogen (secondary N) is 2. The van der Waals surface area contributed by atoms with Crippen molar-refractivity contribution in [3.63, 3.8) is 0 Å². The first-order chi connectivity index (χ1) is 16.9. The summed E-state index contributed by atoms with van der Waals surface area (Å²) in [6, 6.07) is 16.1. The molecule has 1 amide bonds. The number of H-pyrrole nitrogens is 1. The third-order valence-electron chi connectivity index (χ3n) is 6.37. The van der Waals surface area contributed by atoms with E-state index in [1.54, 1.807) is 6.20 Å². The Balaban J connectivity index is 1.32. The number of hydrogen-bond acceptors (Lipinski definition) is 5. The molecule has 1 atom stereocenters. The molecule has 1 aliphatic heterocycles. The summed E-state index contributed by atoms with van der Waals surface area (Å²) in [6.07, 6.45) is 7.28. The number of imidazole rings is 1. The van der Waals surface area contributed by atoms with E-state index in [1.807, 2.05) is 50.4 Å². The second kappa shape index (κ2) is 9.46. The largest absolute Gasteiger partial charge is 0.390 e. The van der Waals surface area contributed by atoms with E-state index < -0.39 is 5.60 Å². The summed E-state index contributed by atoms with van der Waals surface area (Å²) in [5.41, 5.74) is 3.84. The number of benzene rings is 2. The molecule has 0 aliphatic carbocycles. The fourth-order valence-electron chi connectivity index (χ4n) is 4.48. The van der Waals surface area contributed by atoms with Crippen molar-refractivity contribution in [2.45, 2.75) is 57.6 Å². The second-order valence-corrected chi connectivity index (χ2v) is 9.76. The Hall–Kier alpha value is -3.78. The molecule has 8 nitrogen and oxygen atoms in total. The standard InChI is InChI=1S/C27H30N6O2/c1-27(2,35)13-12-19-8-9-20-10-11-21(25-28-14-15-33(25)22(20)16-19)29-26(34)24-30-23(31-32-24)17-18-6-4-3-5-7-18/h3-9,14-16,21,35H,10-13,17H2,1-2H3,(H,29,34)(H,30,31,32). The monoisotopic (exact) mass is 470 g/mol. The number of aryl methyl sites for hydroxylation is 2. The second-order valence-electron chi connectivity index (χ2n) is 9.76. The van der Waals surface area contributed by atoms with Crippen LogP contribution in [0.25, 0.3) is 5.69 Å². The van der Waals surface area contributed by atoms with Crippen LogP contribution in [0, 0.1) is 0 Å². The summed E-state index contributed by atoms with van der Waals surface area (Å²) < 4.78 is 2.06. The van der Waals surface area contributed by atoms with Gasteiger partial charge in [-0.25, -0.2) is 9.97 Å². The molecule has 8 heteroatoms. The molecule has 5 rings (SSSR count). The van der Waals surface area contributed by atoms with Gasteiger partial charge < -0.3 is 15.0 Å². The summed E-state index contributed by atoms with van der Waals surface area (Å²) in [4.78, 5) is 22.0. The molecule has 0 spiro atoms. The fraction of sp³-hybridized carbons (Fsp3) is 0.333. The highest BCUT2D eigenvalue weighted by Gasteiger charge is 2.27. The highest BCUT2D eigenvalue weighted by Crippen LogP contribution is 2.30. The number of hydrogen-bond donors (Lipinski definition) is 3. The van der Waals surface area contributed by atoms with E-state index in [2.05, 4.69) is 48.2 Å². The number of carbonyl (C=O) groups excluding carboxylic acids is 1. The highest BCUT2D eigenvalue weighted by atomic mass is 16.3. The predicted octanol–water partition coefficient (Wildman–Crippen LogP) is 3.70. The van der Waals surface area contributed by atoms with E-state index >= 15 is 0 Å². The maximum Gasteiger partial charge on any atom is 0.291 e. The van der Waals surface area contributed by atoms with Crippen molar-refractivity contribution in [2.75, 3.05) is 0 Å². The van der Waals surface area contributed by atoms with Crippen LogP contribution >= 0.6 is 0 Å². The normalized spacial score (nSPS) is 15.2. The zero-order valence-electron chi connectivity index (χ0n) is 20.0. The third-order valence-corrected chi connectivity index (χ3v) is 6.37. The van der Waals surface area contributed by atoms with Gasteiger partial charge in [0.1, 0.15) is 11.6 Å². The van der Waals surface area contributed by atoms with Crippen LogP contribution in [-0.2, 0) is 19.3 Å². The van der Waals surface area contributed by atoms with Gasteiger partial charge in [0.25, 0.3) is 5.91 Å². The molecule has 1 unspecified atom stereocenters. The SMILES string of the molecule is CC(C)(O)CCc1ccc2c(c1)-n1ccnc1C(NC(=O)c1n[nH]c(Cc3ccccc3)n1)CC2. The van der Waals surface area contributed by atoms with Gasteiger partial charge >= 0.3 is 0 Å². The third kappa shape index (κ3) is 5.33. The highest BCUT2D eigenvalue weighted by molar-refractivity contribution is 5.90. The molecule has 2 aromatic carbocycles. The number of aromatic amines is 1. The Bertz CT molecular complexity index is 1320. The minimum atomic E-state index is -0.705. The van der Waals surface area contributed by atoms with Crippen LogP contribution < -0.4 is 5.32 Å². The van der Waals surface area contributed by atoms with Crippen molar-refractivity contribution < 1.29 is 9.90 Å². The number of aliphatic hydroxyl groups is 1. The minimum Gasteiger partial charge on any atom is -0.390 e. The molecule has 35 heavy (non-hydrogen) atoms. The average molecular weight is 471 g/mol. The molecule has 1 aliphatic rings. The number of nitrogens with zero attached hydrogens (tertiary/aromatic N) is 4. The molecule has 0 saturated heterocycles. The molecular formula is C27H30N6O2. The van der Waals surface area contributed by atoms with Gasteiger partial charge in [0, 0.05) is 18.8 Å². The van der Waals surface area contributed by atoms with Crippen LogP contribution in [0.1, 0.15) is 71.7 Å². The van der Waals surface area contributed by atoms with E-state index in [0.29, 0.717) is 18.7 Å². The number of carbonyl (C=O) groups is 1. The predicted molar refractivity (Wildman–Crippen MR) is 132 cm³/mol. The Morgan fingerprint density at radius 3 is 2.83 bits per heavy atom. The van der Waals surface area contributed by atoms with Gasteiger partial charge in [-0.15, -0.1) is 5.10 Å². The van der Waals surface area contributed by atoms with Crippen LogP contribution in [-0.4, -0.2) is 41.3 Å². The average Bonchev–Trinajstić information content (AvgIpc) is 3.48. The maximum absolute atomic E-state index is 13.0. The van der Waals surface area contributed by atoms with E-state index in [4.69, 9.17) is 0 Å². The maximum atomic E-state index is 13.0. The molecule has 2 aromatic heterocycles. The van der Waals surface area contributed by atoms with Crippen LogP contribution in [0.2, 0.25) is 0 Å². The molecular weight excluding hydrogens is 440 g/mol. The summed E-state index contributed by atoms with van der Waals surface area (Å²) in [7, 11) is 0. The van der Waals surface area contributed by atoms with Gasteiger partial charge in [0.15, 0.2) is 0 Å². The molecule has 180 valence electrons. The van der Waals surface area contributed by atoms with Gasteiger partial charge in [-0.2, -0.15) is 0 Å². The number of aromatic nitrogens is 5. The van der Waals surface area contributed by atoms with Crippen molar-refractivity contribution in [1.29, 1.82) is 0 Å². The lowest BCUT2D eigenvalue weighted by Gasteiger charge is -2.18. The van der Waals surface area contributed by atoms with Crippen LogP contribution in [0.3, 0.4) is 0 Å². The summed E-state index contributed by atoms with van der Waals surface area (Å²) in [5, 5.41) is 20.2. The van der Waals surface area contributed by atoms with Gasteiger partial charge in [0.2, 0.25) is 5.82 Å². The first-order valence-corrected chi connectivity index (χ1v) is 12.0. The van der Waals surface area contributed by atoms with Gasteiger partial charge in [-0.1, -0.05) is 42.5 Å². The first-order valence-electron chi connectivity index (χ1n) is 12.0. The van der Waals surface area contributed by atoms with Crippen molar-refractivity contribution in [2.24, 2.45) is 0 Å². The zero-order chi connectivity index (χ0) is 24.4. The van der Waals surface area contributed by atoms with E-state index in [-0.39, 0.29) is 17.8 Å². The Labute approximate surface area is 204 Å². The molecule has 0 radical (unpaired) electrons. The molecule has 4 aromatic rings. The van der Waals surface area contributed by atoms with Crippen molar-refractivity contribution >= 4 is 5.91 Å². The first kappa shape index (κ1) is 23.0. The van der Waals surface area contributed by atoms with Gasteiger partial charge in [-0.05, 0) is 62.3 Å². The molecule has 3 heterocycles. The smallest absolute Gasteiger partial charge is 0.291 e. The number of amides is 1. The summed E-state index contributed by atoms with van der Waals surface area (Å²) in [6.45, 7) is 3.66. The van der Waals surface area contributed by atoms with E-state index in [9.17, 15) is 9.90 Å². The van der Waals surface area contributed by atoms with Crippen LogP contribution in [0.15, 0.2) is 60.9 Å². The lowest BCUT2D eigenvalue weighted by atomic mass is 9.96. The Kier molecular flexibility index (Phi) is 6.21. The number of fused-ring (bicyclic) bond motifs is 3. The number of rotatable bonds is 7. The van der Waals surface area contributed by atoms with Crippen molar-refractivity contribution in [3.8, 4) is 5.69 Å². The summed E-state index contributed by atoms with van der Waals surface area (Å²) in [5.74, 6) is 1.24. The van der Waals surface area contributed by atoms with Crippen LogP contribution in [0.4, 0.5) is 0 Å². The van der Waals surface area contributed by atoms with Crippen molar-refractivity contribution in [1.82, 2.24) is 30.0 Å². The topological polar surface area (TPSA) is 109 Å². The van der Waals surface area contributed by atoms with Gasteiger partial charge in [-0.3, -0.25) is 9.89 Å². The van der Waals surface area contributed by atoms with E-state index in [0.717, 1.165) is 36.3 Å². The quantitative estimate of drug-likeness (QED) is 0.382. The van der Waals surface area contributed by atoms with Gasteiger partial charge in [0.05, 0.1) is 17.3 Å². The summed E-state index contributed by atoms with van der Waals surface area (Å²) >= 11 is 0. The minimum absolute atomic E-state index is 0.129. The molecule has 0 fully saturated rings. The lowest BCUT2D eigenvalue weighted by molar-refractivity contribution is 0.0714. The molecule has 0 bridgehead atoms. The Morgan fingerprint density at radius 2 is 2.03 bits per heavy atom. The fourth-order valence-corrected chi connectivity index (χ4v) is 4.48. The lowest BCUT2D eigenvalue weighted by Crippen LogP contribution is -2.30. The van der Waals surface area contributed by atoms with Crippen LogP contribution in [0.5, 0.6) is 0 Å².